The van der Waals surface area contributed by atoms with Crippen molar-refractivity contribution in [2.45, 2.75) is 69.0 Å². The predicted octanol–water partition coefficient (Wildman–Crippen LogP) is 2.25. The Morgan fingerprint density at radius 1 is 1.02 bits per heavy atom. The number of phenolic OH excluding ortho intramolecular Hbond substituents is 2. The molecule has 6 rings (SSSR count). The van der Waals surface area contributed by atoms with E-state index in [0.717, 1.165) is 5.56 Å². The summed E-state index contributed by atoms with van der Waals surface area (Å²) in [6, 6.07) is 13.5. The smallest absolute Gasteiger partial charge is 0.202 e. The average molecular weight is 670 g/mol. The van der Waals surface area contributed by atoms with Crippen LogP contribution in [0.15, 0.2) is 48.5 Å². The summed E-state index contributed by atoms with van der Waals surface area (Å²) in [6.45, 7) is 1.09. The second-order valence-electron chi connectivity index (χ2n) is 12.0. The van der Waals surface area contributed by atoms with Crippen LogP contribution in [-0.2, 0) is 27.2 Å². The number of rotatable bonds is 8. The minimum absolute atomic E-state index is 0. The molecule has 3 aliphatic rings. The first-order valence-corrected chi connectivity index (χ1v) is 15.0. The van der Waals surface area contributed by atoms with Gasteiger partial charge in [-0.3, -0.25) is 14.4 Å². The number of methoxy groups -OCH3 is 1. The monoisotopic (exact) mass is 669 g/mol. The number of fused-ring (bicyclic) bond motifs is 3. The molecule has 2 aliphatic carbocycles. The van der Waals surface area contributed by atoms with Crippen LogP contribution in [-0.4, -0.2) is 86.7 Å². The quantitative estimate of drug-likeness (QED) is 0.150. The maximum Gasteiger partial charge on any atom is 0.202 e. The Bertz CT molecular complexity index is 1710. The van der Waals surface area contributed by atoms with Gasteiger partial charge in [-0.25, -0.2) is 0 Å². The SMILES string of the molecule is COc1cccc2c1C(=O)c1c(O)c3c(c(O)c1C2=O)CC(O)(C(=O)CO)CC3OC1CC(NCc2ccccc2)C(O)C(C)O1.Cl. The topological polar surface area (TPSA) is 192 Å². The lowest BCUT2D eigenvalue weighted by molar-refractivity contribution is -0.250. The number of hydrogen-bond acceptors (Lipinski definition) is 12. The van der Waals surface area contributed by atoms with Gasteiger partial charge in [0, 0.05) is 48.5 Å². The number of carbonyl (C=O) groups excluding carboxylic acids is 3. The van der Waals surface area contributed by atoms with Crippen molar-refractivity contribution in [3.8, 4) is 17.2 Å². The predicted molar refractivity (Wildman–Crippen MR) is 168 cm³/mol. The van der Waals surface area contributed by atoms with Gasteiger partial charge in [-0.2, -0.15) is 0 Å². The summed E-state index contributed by atoms with van der Waals surface area (Å²) in [5, 5.41) is 58.5. The average Bonchev–Trinajstić information content (AvgIpc) is 3.05. The van der Waals surface area contributed by atoms with Gasteiger partial charge < -0.3 is 45.1 Å². The highest BCUT2D eigenvalue weighted by molar-refractivity contribution is 6.31. The number of nitrogens with one attached hydrogen (secondary N) is 1. The highest BCUT2D eigenvalue weighted by atomic mass is 35.5. The minimum Gasteiger partial charge on any atom is -0.507 e. The highest BCUT2D eigenvalue weighted by Crippen LogP contribution is 2.52. The molecule has 250 valence electrons. The van der Waals surface area contributed by atoms with Crippen molar-refractivity contribution in [2.75, 3.05) is 13.7 Å². The molecule has 3 aromatic rings. The largest absolute Gasteiger partial charge is 0.507 e. The van der Waals surface area contributed by atoms with E-state index in [-0.39, 0.29) is 46.8 Å². The third-order valence-electron chi connectivity index (χ3n) is 9.17. The molecule has 3 aromatic carbocycles. The second kappa shape index (κ2) is 13.3. The summed E-state index contributed by atoms with van der Waals surface area (Å²) in [5.74, 6) is -3.72. The van der Waals surface area contributed by atoms with Crippen LogP contribution in [0.5, 0.6) is 17.2 Å². The van der Waals surface area contributed by atoms with Gasteiger partial charge in [0.25, 0.3) is 0 Å². The summed E-state index contributed by atoms with van der Waals surface area (Å²) in [7, 11) is 1.33. The van der Waals surface area contributed by atoms with Gasteiger partial charge >= 0.3 is 0 Å². The number of carbonyl (C=O) groups is 3. The van der Waals surface area contributed by atoms with Crippen molar-refractivity contribution in [3.05, 3.63) is 87.5 Å². The van der Waals surface area contributed by atoms with Gasteiger partial charge in [-0.15, -0.1) is 12.4 Å². The molecule has 6 atom stereocenters. The first kappa shape index (κ1) is 34.5. The minimum atomic E-state index is -2.25. The number of halogens is 1. The van der Waals surface area contributed by atoms with E-state index in [1.165, 1.54) is 25.3 Å². The number of hydrogen-bond donors (Lipinski definition) is 6. The van der Waals surface area contributed by atoms with Crippen molar-refractivity contribution < 1.29 is 54.1 Å². The molecule has 1 fully saturated rings. The molecule has 1 saturated heterocycles. The maximum absolute atomic E-state index is 13.8. The molecule has 47 heavy (non-hydrogen) atoms. The number of aromatic hydroxyl groups is 2. The molecular weight excluding hydrogens is 634 g/mol. The number of ether oxygens (including phenoxy) is 3. The number of phenols is 2. The Labute approximate surface area is 276 Å². The fourth-order valence-electron chi connectivity index (χ4n) is 6.76. The lowest BCUT2D eigenvalue weighted by Crippen LogP contribution is -2.54. The molecule has 1 aliphatic heterocycles. The molecule has 12 nitrogen and oxygen atoms in total. The van der Waals surface area contributed by atoms with E-state index in [1.54, 1.807) is 6.92 Å². The zero-order chi connectivity index (χ0) is 32.9. The Hall–Kier alpha value is -3.88. The Morgan fingerprint density at radius 2 is 1.72 bits per heavy atom. The van der Waals surface area contributed by atoms with Crippen LogP contribution in [0.2, 0.25) is 0 Å². The normalized spacial score (nSPS) is 26.4. The van der Waals surface area contributed by atoms with Gasteiger partial charge in [-0.05, 0) is 18.6 Å². The zero-order valence-electron chi connectivity index (χ0n) is 25.6. The van der Waals surface area contributed by atoms with Crippen LogP contribution in [0.3, 0.4) is 0 Å². The molecule has 1 heterocycles. The molecule has 0 saturated carbocycles. The van der Waals surface area contributed by atoms with Crippen molar-refractivity contribution in [3.63, 3.8) is 0 Å². The molecule has 6 unspecified atom stereocenters. The summed E-state index contributed by atoms with van der Waals surface area (Å²) >= 11 is 0. The van der Waals surface area contributed by atoms with Gasteiger partial charge in [0.1, 0.15) is 29.5 Å². The fourth-order valence-corrected chi connectivity index (χ4v) is 6.76. The van der Waals surface area contributed by atoms with E-state index in [4.69, 9.17) is 14.2 Å². The Morgan fingerprint density at radius 3 is 2.40 bits per heavy atom. The van der Waals surface area contributed by atoms with E-state index < -0.39 is 95.7 Å². The molecule has 13 heteroatoms. The highest BCUT2D eigenvalue weighted by Gasteiger charge is 2.50. The molecule has 0 radical (unpaired) electrons. The molecule has 0 amide bonds. The third kappa shape index (κ3) is 5.91. The Kier molecular flexibility index (Phi) is 9.76. The van der Waals surface area contributed by atoms with Crippen molar-refractivity contribution in [2.24, 2.45) is 0 Å². The van der Waals surface area contributed by atoms with Gasteiger partial charge in [-0.1, -0.05) is 42.5 Å². The van der Waals surface area contributed by atoms with Crippen LogP contribution in [0, 0.1) is 0 Å². The van der Waals surface area contributed by atoms with E-state index in [0.29, 0.717) is 6.54 Å². The van der Waals surface area contributed by atoms with E-state index in [2.05, 4.69) is 5.32 Å². The van der Waals surface area contributed by atoms with Crippen molar-refractivity contribution >= 4 is 29.8 Å². The van der Waals surface area contributed by atoms with E-state index >= 15 is 0 Å². The summed E-state index contributed by atoms with van der Waals surface area (Å²) in [5.41, 5.74) is -2.59. The molecule has 0 bridgehead atoms. The first-order valence-electron chi connectivity index (χ1n) is 15.0. The summed E-state index contributed by atoms with van der Waals surface area (Å²) in [6.07, 6.45) is -4.90. The number of aliphatic hydroxyl groups is 3. The van der Waals surface area contributed by atoms with Gasteiger partial charge in [0.15, 0.2) is 17.9 Å². The van der Waals surface area contributed by atoms with Crippen molar-refractivity contribution in [1.82, 2.24) is 5.32 Å². The van der Waals surface area contributed by atoms with Crippen LogP contribution in [0.1, 0.15) is 74.4 Å². The summed E-state index contributed by atoms with van der Waals surface area (Å²) in [4.78, 5) is 40.3. The van der Waals surface area contributed by atoms with Crippen LogP contribution in [0.25, 0.3) is 0 Å². The lowest BCUT2D eigenvalue weighted by atomic mass is 9.72. The zero-order valence-corrected chi connectivity index (χ0v) is 26.5. The van der Waals surface area contributed by atoms with Crippen LogP contribution < -0.4 is 10.1 Å². The van der Waals surface area contributed by atoms with Gasteiger partial charge in [0.05, 0.1) is 42.1 Å². The van der Waals surface area contributed by atoms with Crippen molar-refractivity contribution in [1.29, 1.82) is 0 Å². The number of aliphatic hydroxyl groups excluding tert-OH is 2. The molecular formula is C34H36ClNO11. The van der Waals surface area contributed by atoms with Crippen LogP contribution in [0.4, 0.5) is 0 Å². The van der Waals surface area contributed by atoms with Crippen LogP contribution >= 0.6 is 12.4 Å². The third-order valence-corrected chi connectivity index (χ3v) is 9.17. The molecule has 0 spiro atoms. The number of Topliss-reactive ketones (excluding diaryl/α,β-unsaturated/α-hetero) is 1. The molecule has 6 N–H and O–H groups in total. The number of benzene rings is 3. The summed E-state index contributed by atoms with van der Waals surface area (Å²) < 4.78 is 17.5. The van der Waals surface area contributed by atoms with Gasteiger partial charge in [0.2, 0.25) is 5.78 Å². The van der Waals surface area contributed by atoms with E-state index in [9.17, 15) is 39.9 Å². The maximum atomic E-state index is 13.8. The standard InChI is InChI=1S/C34H35NO11.ClH/c1-16-29(38)20(35-14-17-7-4-3-5-8-17)11-24(45-16)46-22-13-34(43,23(37)15-36)12-19-26(22)33(42)28-27(31(19)40)30(39)18-9-6-10-21(44-2)25(18)32(28)41;/h3-10,16,20,22,24,29,35-36,38,40,42-43H,11-15H2,1-2H3;1H. The Balaban J connectivity index is 0.00000433. The lowest BCUT2D eigenvalue weighted by Gasteiger charge is -2.43. The van der Waals surface area contributed by atoms with E-state index in [1.807, 2.05) is 30.3 Å². The number of ketones is 3. The molecule has 0 aromatic heterocycles. The fraction of sp³-hybridized carbons (Fsp3) is 0.382. The second-order valence-corrected chi connectivity index (χ2v) is 12.0. The first-order chi connectivity index (χ1) is 22.0.